The molecular formula is C13H17N3S. The van der Waals surface area contributed by atoms with Crippen LogP contribution in [-0.2, 0) is 0 Å². The first-order chi connectivity index (χ1) is 8.33. The molecule has 1 N–H and O–H groups in total. The molecule has 1 aromatic carbocycles. The highest BCUT2D eigenvalue weighted by molar-refractivity contribution is 7.09. The number of benzene rings is 1. The van der Waals surface area contributed by atoms with E-state index in [1.807, 2.05) is 30.3 Å². The van der Waals surface area contributed by atoms with Gasteiger partial charge >= 0.3 is 0 Å². The quantitative estimate of drug-likeness (QED) is 0.873. The third-order valence-electron chi connectivity index (χ3n) is 2.77. The molecule has 0 saturated carbocycles. The van der Waals surface area contributed by atoms with Gasteiger partial charge < -0.3 is 5.32 Å². The van der Waals surface area contributed by atoms with E-state index in [1.165, 1.54) is 11.5 Å². The van der Waals surface area contributed by atoms with Crippen molar-refractivity contribution < 1.29 is 0 Å². The molecule has 0 amide bonds. The molecule has 0 aliphatic rings. The highest BCUT2D eigenvalue weighted by Crippen LogP contribution is 2.21. The van der Waals surface area contributed by atoms with Crippen molar-refractivity contribution in [1.29, 1.82) is 0 Å². The zero-order valence-electron chi connectivity index (χ0n) is 10.2. The second-order valence-electron chi connectivity index (χ2n) is 3.95. The Labute approximate surface area is 106 Å². The maximum absolute atomic E-state index is 4.51. The summed E-state index contributed by atoms with van der Waals surface area (Å²) in [5.41, 5.74) is 1.07. The van der Waals surface area contributed by atoms with Crippen LogP contribution < -0.4 is 5.32 Å². The van der Waals surface area contributed by atoms with Crippen LogP contribution in [0.3, 0.4) is 0 Å². The molecule has 0 radical (unpaired) electrons. The Morgan fingerprint density at radius 2 is 1.88 bits per heavy atom. The zero-order chi connectivity index (χ0) is 12.1. The molecule has 0 fully saturated rings. The van der Waals surface area contributed by atoms with Crippen molar-refractivity contribution in [1.82, 2.24) is 9.36 Å². The second kappa shape index (κ2) is 5.77. The summed E-state index contributed by atoms with van der Waals surface area (Å²) in [5, 5.41) is 4.33. The molecule has 0 saturated heterocycles. The summed E-state index contributed by atoms with van der Waals surface area (Å²) in [6.45, 7) is 4.36. The molecule has 0 unspecified atom stereocenters. The smallest absolute Gasteiger partial charge is 0.203 e. The van der Waals surface area contributed by atoms with E-state index in [0.717, 1.165) is 29.4 Å². The number of anilines is 1. The third-order valence-corrected chi connectivity index (χ3v) is 3.42. The number of aromatic nitrogens is 2. The van der Waals surface area contributed by atoms with Crippen LogP contribution in [0.15, 0.2) is 30.3 Å². The van der Waals surface area contributed by atoms with E-state index >= 15 is 0 Å². The largest absolute Gasteiger partial charge is 0.358 e. The van der Waals surface area contributed by atoms with Gasteiger partial charge in [-0.3, -0.25) is 0 Å². The maximum Gasteiger partial charge on any atom is 0.203 e. The van der Waals surface area contributed by atoms with Gasteiger partial charge in [-0.1, -0.05) is 44.2 Å². The Morgan fingerprint density at radius 3 is 2.53 bits per heavy atom. The topological polar surface area (TPSA) is 37.8 Å². The predicted octanol–water partition coefficient (Wildman–Crippen LogP) is 3.81. The van der Waals surface area contributed by atoms with Crippen molar-refractivity contribution in [2.24, 2.45) is 0 Å². The summed E-state index contributed by atoms with van der Waals surface area (Å²) in [6, 6.07) is 10.6. The van der Waals surface area contributed by atoms with E-state index in [4.69, 9.17) is 0 Å². The van der Waals surface area contributed by atoms with Crippen LogP contribution in [0.25, 0.3) is 11.4 Å². The van der Waals surface area contributed by atoms with Crippen LogP contribution in [0, 0.1) is 0 Å². The van der Waals surface area contributed by atoms with Crippen LogP contribution in [0.2, 0.25) is 0 Å². The minimum absolute atomic E-state index is 0.492. The van der Waals surface area contributed by atoms with Crippen molar-refractivity contribution in [2.45, 2.75) is 32.7 Å². The maximum atomic E-state index is 4.51. The molecule has 3 nitrogen and oxygen atoms in total. The van der Waals surface area contributed by atoms with Crippen molar-refractivity contribution in [3.8, 4) is 11.4 Å². The predicted molar refractivity (Wildman–Crippen MR) is 73.3 cm³/mol. The lowest BCUT2D eigenvalue weighted by Gasteiger charge is -2.12. The zero-order valence-corrected chi connectivity index (χ0v) is 11.0. The molecule has 0 bridgehead atoms. The molecular weight excluding hydrogens is 230 g/mol. The average Bonchev–Trinajstić information content (AvgIpc) is 2.85. The first-order valence-electron chi connectivity index (χ1n) is 5.99. The second-order valence-corrected chi connectivity index (χ2v) is 4.70. The van der Waals surface area contributed by atoms with Crippen LogP contribution in [0.1, 0.15) is 26.7 Å². The highest BCUT2D eigenvalue weighted by atomic mass is 32.1. The molecule has 0 aliphatic carbocycles. The van der Waals surface area contributed by atoms with E-state index in [2.05, 4.69) is 28.5 Å². The molecule has 2 aromatic rings. The summed E-state index contributed by atoms with van der Waals surface area (Å²) < 4.78 is 4.38. The van der Waals surface area contributed by atoms with Gasteiger partial charge in [-0.05, 0) is 12.8 Å². The Kier molecular flexibility index (Phi) is 4.09. The fourth-order valence-electron chi connectivity index (χ4n) is 1.65. The monoisotopic (exact) mass is 247 g/mol. The van der Waals surface area contributed by atoms with Gasteiger partial charge in [0.05, 0.1) is 0 Å². The van der Waals surface area contributed by atoms with Crippen LogP contribution >= 0.6 is 11.5 Å². The summed E-state index contributed by atoms with van der Waals surface area (Å²) in [7, 11) is 0. The molecule has 0 aliphatic heterocycles. The van der Waals surface area contributed by atoms with E-state index in [0.29, 0.717) is 6.04 Å². The Bertz CT molecular complexity index is 449. The molecule has 4 heteroatoms. The van der Waals surface area contributed by atoms with E-state index in [1.54, 1.807) is 0 Å². The molecule has 1 aromatic heterocycles. The van der Waals surface area contributed by atoms with Gasteiger partial charge in [0.15, 0.2) is 5.82 Å². The number of hydrogen-bond acceptors (Lipinski definition) is 4. The molecule has 2 rings (SSSR count). The molecule has 17 heavy (non-hydrogen) atoms. The fourth-order valence-corrected chi connectivity index (χ4v) is 2.32. The van der Waals surface area contributed by atoms with E-state index in [-0.39, 0.29) is 0 Å². The third kappa shape index (κ3) is 3.03. The van der Waals surface area contributed by atoms with Gasteiger partial charge in [-0.15, -0.1) is 0 Å². The number of nitrogens with zero attached hydrogens (tertiary/aromatic N) is 2. The number of rotatable bonds is 5. The van der Waals surface area contributed by atoms with Gasteiger partial charge in [0.1, 0.15) is 0 Å². The molecule has 0 atom stereocenters. The van der Waals surface area contributed by atoms with Crippen molar-refractivity contribution in [3.63, 3.8) is 0 Å². The number of nitrogens with one attached hydrogen (secondary N) is 1. The summed E-state index contributed by atoms with van der Waals surface area (Å²) in [5.74, 6) is 0.809. The van der Waals surface area contributed by atoms with Crippen molar-refractivity contribution in [3.05, 3.63) is 30.3 Å². The van der Waals surface area contributed by atoms with Gasteiger partial charge in [0, 0.05) is 23.1 Å². The van der Waals surface area contributed by atoms with Crippen LogP contribution in [-0.4, -0.2) is 15.4 Å². The van der Waals surface area contributed by atoms with Crippen LogP contribution in [0.5, 0.6) is 0 Å². The normalized spacial score (nSPS) is 10.8. The van der Waals surface area contributed by atoms with E-state index in [9.17, 15) is 0 Å². The molecule has 1 heterocycles. The Morgan fingerprint density at radius 1 is 1.18 bits per heavy atom. The van der Waals surface area contributed by atoms with Gasteiger partial charge in [-0.2, -0.15) is 9.36 Å². The van der Waals surface area contributed by atoms with Crippen molar-refractivity contribution in [2.75, 3.05) is 5.32 Å². The standard InChI is InChI=1S/C13H17N3S/c1-3-11(4-2)14-13-15-12(16-17-13)10-8-6-5-7-9-10/h5-9,11H,3-4H2,1-2H3,(H,14,15,16). The molecule has 90 valence electrons. The lowest BCUT2D eigenvalue weighted by atomic mass is 10.2. The first-order valence-corrected chi connectivity index (χ1v) is 6.76. The Hall–Kier alpha value is -1.42. The first kappa shape index (κ1) is 12.0. The lowest BCUT2D eigenvalue weighted by Crippen LogP contribution is -2.16. The number of hydrogen-bond donors (Lipinski definition) is 1. The minimum Gasteiger partial charge on any atom is -0.358 e. The molecule has 0 spiro atoms. The average molecular weight is 247 g/mol. The van der Waals surface area contributed by atoms with Gasteiger partial charge in [0.25, 0.3) is 0 Å². The Balaban J connectivity index is 2.11. The summed E-state index contributed by atoms with van der Waals surface area (Å²) in [6.07, 6.45) is 2.22. The van der Waals surface area contributed by atoms with Gasteiger partial charge in [-0.25, -0.2) is 0 Å². The van der Waals surface area contributed by atoms with Crippen LogP contribution in [0.4, 0.5) is 5.13 Å². The SMILES string of the molecule is CCC(CC)Nc1nc(-c2ccccc2)ns1. The van der Waals surface area contributed by atoms with Crippen molar-refractivity contribution >= 4 is 16.7 Å². The summed E-state index contributed by atoms with van der Waals surface area (Å²) in [4.78, 5) is 4.51. The fraction of sp³-hybridized carbons (Fsp3) is 0.385. The lowest BCUT2D eigenvalue weighted by molar-refractivity contribution is 0.671. The minimum atomic E-state index is 0.492. The highest BCUT2D eigenvalue weighted by Gasteiger charge is 2.09. The van der Waals surface area contributed by atoms with Gasteiger partial charge in [0.2, 0.25) is 5.13 Å². The van der Waals surface area contributed by atoms with E-state index < -0.39 is 0 Å². The summed E-state index contributed by atoms with van der Waals surface area (Å²) >= 11 is 1.43.